The van der Waals surface area contributed by atoms with Crippen LogP contribution in [0.3, 0.4) is 0 Å². The van der Waals surface area contributed by atoms with Gasteiger partial charge in [0.2, 0.25) is 0 Å². The Bertz CT molecular complexity index is 741. The van der Waals surface area contributed by atoms with E-state index in [-0.39, 0.29) is 36.9 Å². The molecule has 6 nitrogen and oxygen atoms in total. The summed E-state index contributed by atoms with van der Waals surface area (Å²) in [7, 11) is 0. The van der Waals surface area contributed by atoms with Crippen LogP contribution in [0.1, 0.15) is 41.0 Å². The largest absolute Gasteiger partial charge is 0.463 e. The summed E-state index contributed by atoms with van der Waals surface area (Å²) in [5.74, 6) is -1.00. The molecule has 1 aromatic carbocycles. The molecule has 0 aliphatic rings. The van der Waals surface area contributed by atoms with Crippen LogP contribution in [-0.4, -0.2) is 30.4 Å². The summed E-state index contributed by atoms with van der Waals surface area (Å²) < 4.78 is 5.01. The standard InChI is InChI=1S/C18H20N2O4S/c1-12(2)24-16(21)7-9-19-18(23)14-5-3-4-6-15(14)20-17(22)13-8-10-25-11-13/h3-6,8,10-12H,7,9H2,1-2H3,(H,19,23)(H,20,22). The first-order chi connectivity index (χ1) is 12.0. The van der Waals surface area contributed by atoms with Crippen LogP contribution in [0, 0.1) is 0 Å². The van der Waals surface area contributed by atoms with Crippen molar-refractivity contribution < 1.29 is 19.1 Å². The number of carbonyl (C=O) groups is 3. The lowest BCUT2D eigenvalue weighted by atomic mass is 10.1. The first-order valence-electron chi connectivity index (χ1n) is 7.87. The number of thiophene rings is 1. The second-order valence-corrected chi connectivity index (χ2v) is 6.34. The lowest BCUT2D eigenvalue weighted by Gasteiger charge is -2.11. The van der Waals surface area contributed by atoms with Crippen LogP contribution < -0.4 is 10.6 Å². The van der Waals surface area contributed by atoms with E-state index in [1.54, 1.807) is 49.6 Å². The van der Waals surface area contributed by atoms with Gasteiger partial charge in [-0.05, 0) is 37.4 Å². The van der Waals surface area contributed by atoms with Crippen LogP contribution in [0.2, 0.25) is 0 Å². The molecule has 0 saturated carbocycles. The Kier molecular flexibility index (Phi) is 6.71. The van der Waals surface area contributed by atoms with Gasteiger partial charge < -0.3 is 15.4 Å². The summed E-state index contributed by atoms with van der Waals surface area (Å²) >= 11 is 1.42. The average Bonchev–Trinajstić information content (AvgIpc) is 3.09. The summed E-state index contributed by atoms with van der Waals surface area (Å²) in [6.07, 6.45) is -0.0934. The zero-order chi connectivity index (χ0) is 18.2. The molecule has 2 amide bonds. The molecule has 0 atom stereocenters. The molecule has 0 spiro atoms. The maximum Gasteiger partial charge on any atom is 0.307 e. The second kappa shape index (κ2) is 8.98. The molecule has 0 unspecified atom stereocenters. The van der Waals surface area contributed by atoms with Gasteiger partial charge in [-0.1, -0.05) is 12.1 Å². The van der Waals surface area contributed by atoms with E-state index < -0.39 is 0 Å². The first kappa shape index (κ1) is 18.7. The molecule has 7 heteroatoms. The Morgan fingerprint density at radius 2 is 1.88 bits per heavy atom. The SMILES string of the molecule is CC(C)OC(=O)CCNC(=O)c1ccccc1NC(=O)c1ccsc1. The zero-order valence-electron chi connectivity index (χ0n) is 14.1. The van der Waals surface area contributed by atoms with E-state index in [1.807, 2.05) is 5.38 Å². The number of carbonyl (C=O) groups excluding carboxylic acids is 3. The zero-order valence-corrected chi connectivity index (χ0v) is 14.9. The minimum atomic E-state index is -0.366. The number of benzene rings is 1. The third-order valence-electron chi connectivity index (χ3n) is 3.19. The van der Waals surface area contributed by atoms with Gasteiger partial charge in [0.25, 0.3) is 11.8 Å². The molecule has 2 rings (SSSR count). The Hall–Kier alpha value is -2.67. The summed E-state index contributed by atoms with van der Waals surface area (Å²) in [5, 5.41) is 8.94. The number of ether oxygens (including phenoxy) is 1. The van der Waals surface area contributed by atoms with E-state index in [4.69, 9.17) is 4.74 Å². The van der Waals surface area contributed by atoms with Crippen LogP contribution in [0.4, 0.5) is 5.69 Å². The highest BCUT2D eigenvalue weighted by molar-refractivity contribution is 7.08. The average molecular weight is 360 g/mol. The number of nitrogens with one attached hydrogen (secondary N) is 2. The van der Waals surface area contributed by atoms with E-state index >= 15 is 0 Å². The van der Waals surface area contributed by atoms with Crippen molar-refractivity contribution in [1.82, 2.24) is 5.32 Å². The third kappa shape index (κ3) is 5.72. The molecule has 0 aliphatic heterocycles. The number of rotatable bonds is 7. The van der Waals surface area contributed by atoms with Crippen LogP contribution in [-0.2, 0) is 9.53 Å². The van der Waals surface area contributed by atoms with Crippen LogP contribution in [0.5, 0.6) is 0 Å². The fourth-order valence-electron chi connectivity index (χ4n) is 2.07. The molecule has 0 bridgehead atoms. The number of amides is 2. The highest BCUT2D eigenvalue weighted by Gasteiger charge is 2.14. The fraction of sp³-hybridized carbons (Fsp3) is 0.278. The summed E-state index contributed by atoms with van der Waals surface area (Å²) in [6, 6.07) is 8.43. The number of para-hydroxylation sites is 1. The van der Waals surface area contributed by atoms with Crippen molar-refractivity contribution in [3.05, 3.63) is 52.2 Å². The predicted octanol–water partition coefficient (Wildman–Crippen LogP) is 3.07. The second-order valence-electron chi connectivity index (χ2n) is 5.56. The van der Waals surface area contributed by atoms with Gasteiger partial charge in [-0.3, -0.25) is 14.4 Å². The maximum atomic E-state index is 12.3. The van der Waals surface area contributed by atoms with E-state index in [0.717, 1.165) is 0 Å². The molecule has 0 aliphatic carbocycles. The van der Waals surface area contributed by atoms with E-state index in [1.165, 1.54) is 11.3 Å². The van der Waals surface area contributed by atoms with Gasteiger partial charge in [-0.2, -0.15) is 11.3 Å². The van der Waals surface area contributed by atoms with Crippen LogP contribution in [0.25, 0.3) is 0 Å². The molecule has 0 saturated heterocycles. The maximum absolute atomic E-state index is 12.3. The molecular formula is C18H20N2O4S. The highest BCUT2D eigenvalue weighted by Crippen LogP contribution is 2.17. The van der Waals surface area contributed by atoms with Crippen LogP contribution in [0.15, 0.2) is 41.1 Å². The van der Waals surface area contributed by atoms with E-state index in [9.17, 15) is 14.4 Å². The van der Waals surface area contributed by atoms with Gasteiger partial charge in [-0.15, -0.1) is 0 Å². The van der Waals surface area contributed by atoms with Crippen molar-refractivity contribution in [2.75, 3.05) is 11.9 Å². The van der Waals surface area contributed by atoms with Crippen molar-refractivity contribution in [2.24, 2.45) is 0 Å². The lowest BCUT2D eigenvalue weighted by Crippen LogP contribution is -2.28. The molecular weight excluding hydrogens is 340 g/mol. The minimum Gasteiger partial charge on any atom is -0.463 e. The molecule has 0 fully saturated rings. The molecule has 0 radical (unpaired) electrons. The lowest BCUT2D eigenvalue weighted by molar-refractivity contribution is -0.147. The van der Waals surface area contributed by atoms with Crippen LogP contribution >= 0.6 is 11.3 Å². The molecule has 2 N–H and O–H groups in total. The van der Waals surface area contributed by atoms with Crippen molar-refractivity contribution in [1.29, 1.82) is 0 Å². The quantitative estimate of drug-likeness (QED) is 0.743. The highest BCUT2D eigenvalue weighted by atomic mass is 32.1. The first-order valence-corrected chi connectivity index (χ1v) is 8.82. The van der Waals surface area contributed by atoms with E-state index in [2.05, 4.69) is 10.6 Å². The number of anilines is 1. The van der Waals surface area contributed by atoms with Crippen molar-refractivity contribution in [2.45, 2.75) is 26.4 Å². The molecule has 1 aromatic heterocycles. The summed E-state index contributed by atoms with van der Waals surface area (Å²) in [6.45, 7) is 3.70. The van der Waals surface area contributed by atoms with Gasteiger partial charge in [-0.25, -0.2) is 0 Å². The van der Waals surface area contributed by atoms with Crippen molar-refractivity contribution in [3.8, 4) is 0 Å². The predicted molar refractivity (Wildman–Crippen MR) is 96.9 cm³/mol. The smallest absolute Gasteiger partial charge is 0.307 e. The summed E-state index contributed by atoms with van der Waals surface area (Å²) in [5.41, 5.74) is 1.29. The van der Waals surface area contributed by atoms with Crippen molar-refractivity contribution in [3.63, 3.8) is 0 Å². The van der Waals surface area contributed by atoms with Gasteiger partial charge in [0.1, 0.15) is 0 Å². The Morgan fingerprint density at radius 1 is 1.12 bits per heavy atom. The Morgan fingerprint density at radius 3 is 2.56 bits per heavy atom. The summed E-state index contributed by atoms with van der Waals surface area (Å²) in [4.78, 5) is 36.0. The van der Waals surface area contributed by atoms with Crippen molar-refractivity contribution >= 4 is 34.8 Å². The topological polar surface area (TPSA) is 84.5 Å². The number of hydrogen-bond donors (Lipinski definition) is 2. The van der Waals surface area contributed by atoms with Gasteiger partial charge in [0.15, 0.2) is 0 Å². The third-order valence-corrected chi connectivity index (χ3v) is 3.87. The minimum absolute atomic E-state index is 0.0906. The Labute approximate surface area is 150 Å². The molecule has 25 heavy (non-hydrogen) atoms. The monoisotopic (exact) mass is 360 g/mol. The molecule has 2 aromatic rings. The van der Waals surface area contributed by atoms with E-state index in [0.29, 0.717) is 16.8 Å². The number of hydrogen-bond acceptors (Lipinski definition) is 5. The fourth-order valence-corrected chi connectivity index (χ4v) is 2.71. The number of esters is 1. The molecule has 1 heterocycles. The molecule has 132 valence electrons. The Balaban J connectivity index is 1.96. The van der Waals surface area contributed by atoms with Gasteiger partial charge in [0.05, 0.1) is 29.3 Å². The van der Waals surface area contributed by atoms with Gasteiger partial charge in [0, 0.05) is 11.9 Å². The normalized spacial score (nSPS) is 10.4. The van der Waals surface area contributed by atoms with Gasteiger partial charge >= 0.3 is 5.97 Å².